The van der Waals surface area contributed by atoms with Gasteiger partial charge in [0.05, 0.1) is 18.8 Å². The van der Waals surface area contributed by atoms with E-state index >= 15 is 0 Å². The van der Waals surface area contributed by atoms with E-state index in [1.54, 1.807) is 13.2 Å². The number of aromatic amines is 1. The number of benzene rings is 3. The SMILES string of the molecule is CCC(=C(c1ccc(/C=C/C(=O)O)cc1)c1ccc2[nH]ncc2c1)c1cc(OC)ccc1C. The van der Waals surface area contributed by atoms with Crippen molar-refractivity contribution in [2.75, 3.05) is 7.11 Å². The molecule has 0 aliphatic carbocycles. The van der Waals surface area contributed by atoms with Crippen LogP contribution in [0.15, 0.2) is 72.9 Å². The van der Waals surface area contributed by atoms with Crippen molar-refractivity contribution in [3.63, 3.8) is 0 Å². The molecule has 0 bridgehead atoms. The normalized spacial score (nSPS) is 12.2. The number of H-pyrrole nitrogens is 1. The molecule has 166 valence electrons. The number of carboxylic acid groups (broad SMARTS) is 1. The highest BCUT2D eigenvalue weighted by atomic mass is 16.5. The Morgan fingerprint density at radius 3 is 2.52 bits per heavy atom. The highest BCUT2D eigenvalue weighted by molar-refractivity contribution is 6.01. The Kier molecular flexibility index (Phi) is 6.41. The maximum atomic E-state index is 10.9. The summed E-state index contributed by atoms with van der Waals surface area (Å²) in [6.07, 6.45) is 5.40. The third kappa shape index (κ3) is 4.72. The zero-order valence-corrected chi connectivity index (χ0v) is 18.9. The van der Waals surface area contributed by atoms with Gasteiger partial charge in [0, 0.05) is 11.5 Å². The van der Waals surface area contributed by atoms with E-state index in [1.807, 2.05) is 42.6 Å². The molecule has 5 heteroatoms. The molecule has 0 saturated carbocycles. The van der Waals surface area contributed by atoms with E-state index in [9.17, 15) is 4.79 Å². The van der Waals surface area contributed by atoms with Crippen LogP contribution in [0.5, 0.6) is 5.75 Å². The van der Waals surface area contributed by atoms with Crippen LogP contribution in [0.1, 0.15) is 41.2 Å². The lowest BCUT2D eigenvalue weighted by Crippen LogP contribution is -1.98. The van der Waals surface area contributed by atoms with Crippen molar-refractivity contribution in [1.29, 1.82) is 0 Å². The summed E-state index contributed by atoms with van der Waals surface area (Å²) in [7, 11) is 1.68. The average molecular weight is 439 g/mol. The molecule has 2 N–H and O–H groups in total. The first-order valence-electron chi connectivity index (χ1n) is 10.8. The van der Waals surface area contributed by atoms with E-state index in [1.165, 1.54) is 11.1 Å². The number of nitrogens with zero attached hydrogens (tertiary/aromatic N) is 1. The molecular formula is C28H26N2O3. The van der Waals surface area contributed by atoms with Crippen LogP contribution in [0.4, 0.5) is 0 Å². The standard InChI is InChI=1S/C28H26N2O3/c1-4-24(25-16-23(33-3)12-5-18(25)2)28(21-11-13-26-22(15-21)17-29-30-26)20-9-6-19(7-10-20)8-14-27(31)32/h5-17H,4H2,1-3H3,(H,29,30)(H,31,32)/b14-8+,28-24?. The zero-order chi connectivity index (χ0) is 23.4. The maximum Gasteiger partial charge on any atom is 0.328 e. The molecule has 0 aliphatic heterocycles. The maximum absolute atomic E-state index is 10.9. The quantitative estimate of drug-likeness (QED) is 0.260. The predicted octanol–water partition coefficient (Wildman–Crippen LogP) is 6.35. The van der Waals surface area contributed by atoms with Gasteiger partial charge in [-0.1, -0.05) is 43.3 Å². The number of carbonyl (C=O) groups is 1. The van der Waals surface area contributed by atoms with Crippen LogP contribution in [0, 0.1) is 6.92 Å². The first kappa shape index (κ1) is 22.1. The lowest BCUT2D eigenvalue weighted by molar-refractivity contribution is -0.131. The van der Waals surface area contributed by atoms with Gasteiger partial charge in [-0.25, -0.2) is 4.79 Å². The third-order valence-corrected chi connectivity index (χ3v) is 5.77. The molecule has 0 aliphatic rings. The molecule has 0 radical (unpaired) electrons. The molecule has 4 aromatic rings. The summed E-state index contributed by atoms with van der Waals surface area (Å²) >= 11 is 0. The van der Waals surface area contributed by atoms with Gasteiger partial charge < -0.3 is 9.84 Å². The van der Waals surface area contributed by atoms with Gasteiger partial charge in [-0.2, -0.15) is 5.10 Å². The number of rotatable bonds is 7. The number of aromatic nitrogens is 2. The van der Waals surface area contributed by atoms with Crippen LogP contribution in [0.3, 0.4) is 0 Å². The molecule has 0 unspecified atom stereocenters. The van der Waals surface area contributed by atoms with Crippen molar-refractivity contribution in [2.24, 2.45) is 0 Å². The fourth-order valence-electron chi connectivity index (χ4n) is 4.10. The Labute approximate surface area is 193 Å². The van der Waals surface area contributed by atoms with Gasteiger partial charge in [-0.05, 0) is 82.6 Å². The van der Waals surface area contributed by atoms with Gasteiger partial charge in [0.15, 0.2) is 0 Å². The summed E-state index contributed by atoms with van der Waals surface area (Å²) in [6, 6.07) is 20.4. The highest BCUT2D eigenvalue weighted by Crippen LogP contribution is 2.37. The minimum Gasteiger partial charge on any atom is -0.497 e. The number of ether oxygens (including phenoxy) is 1. The Hall–Kier alpha value is -4.12. The minimum absolute atomic E-state index is 0.820. The van der Waals surface area contributed by atoms with Crippen molar-refractivity contribution >= 4 is 34.1 Å². The number of carboxylic acids is 1. The van der Waals surface area contributed by atoms with Crippen molar-refractivity contribution < 1.29 is 14.6 Å². The Balaban J connectivity index is 1.95. The molecule has 0 spiro atoms. The van der Waals surface area contributed by atoms with Crippen LogP contribution >= 0.6 is 0 Å². The Morgan fingerprint density at radius 1 is 1.06 bits per heavy atom. The van der Waals surface area contributed by atoms with Gasteiger partial charge >= 0.3 is 5.97 Å². The number of aliphatic carboxylic acids is 1. The van der Waals surface area contributed by atoms with Crippen molar-refractivity contribution in [3.05, 3.63) is 101 Å². The van der Waals surface area contributed by atoms with Gasteiger partial charge in [-0.15, -0.1) is 0 Å². The highest BCUT2D eigenvalue weighted by Gasteiger charge is 2.16. The average Bonchev–Trinajstić information content (AvgIpc) is 3.30. The summed E-state index contributed by atoms with van der Waals surface area (Å²) in [5.74, 6) is -0.143. The predicted molar refractivity (Wildman–Crippen MR) is 133 cm³/mol. The van der Waals surface area contributed by atoms with Gasteiger partial charge in [0.1, 0.15) is 5.75 Å². The third-order valence-electron chi connectivity index (χ3n) is 5.77. The van der Waals surface area contributed by atoms with Gasteiger partial charge in [0.2, 0.25) is 0 Å². The number of hydrogen-bond acceptors (Lipinski definition) is 3. The van der Waals surface area contributed by atoms with Crippen LogP contribution in [0.25, 0.3) is 28.1 Å². The van der Waals surface area contributed by atoms with E-state index in [2.05, 4.69) is 48.3 Å². The summed E-state index contributed by atoms with van der Waals surface area (Å²) < 4.78 is 5.51. The molecule has 0 fully saturated rings. The summed E-state index contributed by atoms with van der Waals surface area (Å²) in [4.78, 5) is 10.9. The van der Waals surface area contributed by atoms with Crippen LogP contribution in [-0.4, -0.2) is 28.4 Å². The second-order valence-electron chi connectivity index (χ2n) is 7.85. The van der Waals surface area contributed by atoms with Crippen LogP contribution in [-0.2, 0) is 4.79 Å². The van der Waals surface area contributed by atoms with Crippen molar-refractivity contribution in [1.82, 2.24) is 10.2 Å². The van der Waals surface area contributed by atoms with E-state index in [0.717, 1.165) is 57.0 Å². The fraction of sp³-hybridized carbons (Fsp3) is 0.143. The summed E-state index contributed by atoms with van der Waals surface area (Å²) in [5.41, 5.74) is 8.64. The number of fused-ring (bicyclic) bond motifs is 1. The number of allylic oxidation sites excluding steroid dienone is 1. The molecule has 0 atom stereocenters. The van der Waals surface area contributed by atoms with E-state index in [4.69, 9.17) is 9.84 Å². The molecule has 1 aromatic heterocycles. The van der Waals surface area contributed by atoms with Crippen LogP contribution < -0.4 is 4.74 Å². The van der Waals surface area contributed by atoms with Crippen molar-refractivity contribution in [2.45, 2.75) is 20.3 Å². The van der Waals surface area contributed by atoms with E-state index in [-0.39, 0.29) is 0 Å². The molecule has 4 rings (SSSR count). The first-order chi connectivity index (χ1) is 16.0. The second kappa shape index (κ2) is 9.57. The monoisotopic (exact) mass is 438 g/mol. The minimum atomic E-state index is -0.963. The van der Waals surface area contributed by atoms with Crippen LogP contribution in [0.2, 0.25) is 0 Å². The van der Waals surface area contributed by atoms with E-state index in [0.29, 0.717) is 0 Å². The largest absolute Gasteiger partial charge is 0.497 e. The zero-order valence-electron chi connectivity index (χ0n) is 18.9. The molecular weight excluding hydrogens is 412 g/mol. The number of methoxy groups -OCH3 is 1. The van der Waals surface area contributed by atoms with Gasteiger partial charge in [-0.3, -0.25) is 5.10 Å². The number of hydrogen-bond donors (Lipinski definition) is 2. The second-order valence-corrected chi connectivity index (χ2v) is 7.85. The van der Waals surface area contributed by atoms with E-state index < -0.39 is 5.97 Å². The molecule has 1 heterocycles. The lowest BCUT2D eigenvalue weighted by Gasteiger charge is -2.19. The Bertz CT molecular complexity index is 1360. The smallest absolute Gasteiger partial charge is 0.328 e. The lowest BCUT2D eigenvalue weighted by atomic mass is 9.86. The van der Waals surface area contributed by atoms with Crippen molar-refractivity contribution in [3.8, 4) is 5.75 Å². The summed E-state index contributed by atoms with van der Waals surface area (Å²) in [5, 5.41) is 17.2. The molecule has 33 heavy (non-hydrogen) atoms. The van der Waals surface area contributed by atoms with Gasteiger partial charge in [0.25, 0.3) is 0 Å². The molecule has 0 saturated heterocycles. The summed E-state index contributed by atoms with van der Waals surface area (Å²) in [6.45, 7) is 4.27. The molecule has 3 aromatic carbocycles. The molecule has 0 amide bonds. The topological polar surface area (TPSA) is 75.2 Å². The first-order valence-corrected chi connectivity index (χ1v) is 10.8. The molecule has 5 nitrogen and oxygen atoms in total. The number of aryl methyl sites for hydroxylation is 1. The Morgan fingerprint density at radius 2 is 1.82 bits per heavy atom. The number of nitrogens with one attached hydrogen (secondary N) is 1. The fourth-order valence-corrected chi connectivity index (χ4v) is 4.10.